The van der Waals surface area contributed by atoms with Crippen molar-refractivity contribution in [3.05, 3.63) is 53.5 Å². The van der Waals surface area contributed by atoms with Gasteiger partial charge in [-0.3, -0.25) is 4.72 Å². The van der Waals surface area contributed by atoms with E-state index in [9.17, 15) is 17.2 Å². The van der Waals surface area contributed by atoms with E-state index in [0.29, 0.717) is 19.4 Å². The summed E-state index contributed by atoms with van der Waals surface area (Å²) in [4.78, 5) is 8.13. The Morgan fingerprint density at radius 1 is 1.33 bits per heavy atom. The molecule has 9 nitrogen and oxygen atoms in total. The molecule has 162 valence electrons. The van der Waals surface area contributed by atoms with Gasteiger partial charge in [0, 0.05) is 30.5 Å². The number of rotatable bonds is 9. The number of nitrogens with one attached hydrogen (secondary N) is 1. The minimum absolute atomic E-state index is 0.00713. The van der Waals surface area contributed by atoms with Gasteiger partial charge < -0.3 is 14.9 Å². The highest BCUT2D eigenvalue weighted by Gasteiger charge is 2.28. The van der Waals surface area contributed by atoms with E-state index in [2.05, 4.69) is 14.7 Å². The number of hydrogen-bond donors (Lipinski definition) is 3. The van der Waals surface area contributed by atoms with Gasteiger partial charge in [0.15, 0.2) is 22.6 Å². The first-order valence-corrected chi connectivity index (χ1v) is 11.1. The summed E-state index contributed by atoms with van der Waals surface area (Å²) in [5.74, 6) is -2.55. The molecule has 3 rings (SSSR count). The van der Waals surface area contributed by atoms with Crippen LogP contribution in [0.15, 0.2) is 41.4 Å². The van der Waals surface area contributed by atoms with Crippen molar-refractivity contribution in [2.24, 2.45) is 0 Å². The molecule has 0 unspecified atom stereocenters. The molecule has 1 aliphatic rings. The summed E-state index contributed by atoms with van der Waals surface area (Å²) in [6.07, 6.45) is 1.28. The second-order valence-electron chi connectivity index (χ2n) is 6.09. The van der Waals surface area contributed by atoms with Crippen LogP contribution in [0.3, 0.4) is 0 Å². The van der Waals surface area contributed by atoms with Crippen molar-refractivity contribution in [1.29, 1.82) is 0 Å². The molecule has 1 fully saturated rings. The molecule has 0 amide bonds. The van der Waals surface area contributed by atoms with Gasteiger partial charge in [-0.15, -0.1) is 0 Å². The Balaban J connectivity index is 1.85. The van der Waals surface area contributed by atoms with Crippen molar-refractivity contribution in [1.82, 2.24) is 14.3 Å². The summed E-state index contributed by atoms with van der Waals surface area (Å²) in [5, 5.41) is 18.2. The predicted octanol–water partition coefficient (Wildman–Crippen LogP) is 2.18. The van der Waals surface area contributed by atoms with Gasteiger partial charge >= 0.3 is 10.2 Å². The largest absolute Gasteiger partial charge is 0.512 e. The van der Waals surface area contributed by atoms with Crippen LogP contribution in [0.1, 0.15) is 12.0 Å². The van der Waals surface area contributed by atoms with Crippen LogP contribution in [0.5, 0.6) is 5.88 Å². The van der Waals surface area contributed by atoms with E-state index < -0.39 is 28.5 Å². The lowest BCUT2D eigenvalue weighted by molar-refractivity contribution is 0.245. The maximum absolute atomic E-state index is 13.9. The van der Waals surface area contributed by atoms with Gasteiger partial charge in [-0.1, -0.05) is 23.9 Å². The molecule has 0 bridgehead atoms. The number of nitrogens with zero attached hydrogens (tertiary/aromatic N) is 3. The highest BCUT2D eigenvalue weighted by molar-refractivity contribution is 7.98. The number of aromatic nitrogens is 2. The van der Waals surface area contributed by atoms with E-state index in [1.165, 1.54) is 22.5 Å². The third-order valence-corrected chi connectivity index (χ3v) is 6.40. The molecule has 1 aromatic heterocycles. The number of benzene rings is 1. The molecule has 2 heterocycles. The summed E-state index contributed by atoms with van der Waals surface area (Å²) < 4.78 is 60.6. The average Bonchev–Trinajstić information content (AvgIpc) is 2.65. The van der Waals surface area contributed by atoms with Crippen LogP contribution in [-0.4, -0.2) is 52.6 Å². The fourth-order valence-corrected chi connectivity index (χ4v) is 4.40. The molecule has 1 saturated heterocycles. The summed E-state index contributed by atoms with van der Waals surface area (Å²) in [5.41, 5.74) is 0.0731. The lowest BCUT2D eigenvalue weighted by atomic mass is 10.2. The van der Waals surface area contributed by atoms with Crippen LogP contribution in [0.4, 0.5) is 14.6 Å². The topological polar surface area (TPSA) is 125 Å². The van der Waals surface area contributed by atoms with Crippen molar-refractivity contribution >= 4 is 27.8 Å². The Morgan fingerprint density at radius 3 is 2.73 bits per heavy atom. The Morgan fingerprint density at radius 2 is 2.10 bits per heavy atom. The lowest BCUT2D eigenvalue weighted by Gasteiger charge is -2.29. The maximum atomic E-state index is 13.9. The molecule has 0 aliphatic carbocycles. The van der Waals surface area contributed by atoms with E-state index in [4.69, 9.17) is 14.9 Å². The van der Waals surface area contributed by atoms with E-state index in [1.807, 2.05) is 0 Å². The molecule has 2 aromatic rings. The molecule has 0 atom stereocenters. The van der Waals surface area contributed by atoms with Crippen LogP contribution in [0.25, 0.3) is 0 Å². The number of hydrogen-bond acceptors (Lipinski definition) is 8. The summed E-state index contributed by atoms with van der Waals surface area (Å²) >= 11 is 0.919. The maximum Gasteiger partial charge on any atom is 0.302 e. The summed E-state index contributed by atoms with van der Waals surface area (Å²) in [6, 6.07) is 4.93. The summed E-state index contributed by atoms with van der Waals surface area (Å²) in [7, 11) is -3.82. The zero-order valence-corrected chi connectivity index (χ0v) is 17.1. The standard InChI is InChI=1S/C17H18F2N4O5S2/c18-13-4-1-3-11(16(13)19)10-29-17-20-14(22-30(26,27)23-5-2-6-23)7-15(21-17)28-12(8-24)9-25/h1,3-4,7-8,24-25H,2,5-6,9-10H2,(H,20,21,22)/b12-8+. The molecule has 3 N–H and O–H groups in total. The van der Waals surface area contributed by atoms with Crippen molar-refractivity contribution in [3.8, 4) is 5.88 Å². The molecular formula is C17H18F2N4O5S2. The number of anilines is 1. The van der Waals surface area contributed by atoms with E-state index in [0.717, 1.165) is 24.2 Å². The molecule has 1 aliphatic heterocycles. The molecular weight excluding hydrogens is 442 g/mol. The monoisotopic (exact) mass is 460 g/mol. The Bertz CT molecular complexity index is 1050. The number of halogens is 2. The predicted molar refractivity (Wildman–Crippen MR) is 105 cm³/mol. The van der Waals surface area contributed by atoms with Crippen LogP contribution in [0.2, 0.25) is 0 Å². The minimum Gasteiger partial charge on any atom is -0.512 e. The van der Waals surface area contributed by atoms with Gasteiger partial charge in [0.25, 0.3) is 0 Å². The lowest BCUT2D eigenvalue weighted by Crippen LogP contribution is -2.45. The van der Waals surface area contributed by atoms with Crippen LogP contribution >= 0.6 is 11.8 Å². The van der Waals surface area contributed by atoms with Crippen molar-refractivity contribution in [3.63, 3.8) is 0 Å². The number of aliphatic hydroxyl groups excluding tert-OH is 2. The quantitative estimate of drug-likeness (QED) is 0.295. The third kappa shape index (κ3) is 5.36. The van der Waals surface area contributed by atoms with Gasteiger partial charge in [-0.05, 0) is 12.5 Å². The van der Waals surface area contributed by atoms with Gasteiger partial charge in [0.1, 0.15) is 18.7 Å². The second kappa shape index (κ2) is 9.55. The number of aliphatic hydroxyl groups is 2. The van der Waals surface area contributed by atoms with Crippen LogP contribution in [-0.2, 0) is 16.0 Å². The highest BCUT2D eigenvalue weighted by Crippen LogP contribution is 2.27. The average molecular weight is 460 g/mol. The molecule has 30 heavy (non-hydrogen) atoms. The normalized spacial score (nSPS) is 15.0. The first kappa shape index (κ1) is 22.2. The fraction of sp³-hybridized carbons (Fsp3) is 0.294. The van der Waals surface area contributed by atoms with Gasteiger partial charge in [-0.2, -0.15) is 17.7 Å². The second-order valence-corrected chi connectivity index (χ2v) is 8.70. The van der Waals surface area contributed by atoms with Crippen molar-refractivity contribution in [2.45, 2.75) is 17.3 Å². The summed E-state index contributed by atoms with van der Waals surface area (Å²) in [6.45, 7) is 0.130. The van der Waals surface area contributed by atoms with E-state index >= 15 is 0 Å². The first-order valence-electron chi connectivity index (χ1n) is 8.67. The number of thioether (sulfide) groups is 1. The molecule has 0 spiro atoms. The van der Waals surface area contributed by atoms with Crippen molar-refractivity contribution in [2.75, 3.05) is 24.4 Å². The van der Waals surface area contributed by atoms with E-state index in [-0.39, 0.29) is 33.9 Å². The van der Waals surface area contributed by atoms with Crippen LogP contribution in [0, 0.1) is 11.6 Å². The fourth-order valence-electron chi connectivity index (χ4n) is 2.33. The highest BCUT2D eigenvalue weighted by atomic mass is 32.2. The Hall–Kier alpha value is -2.48. The molecule has 0 radical (unpaired) electrons. The van der Waals surface area contributed by atoms with Gasteiger partial charge in [-0.25, -0.2) is 13.8 Å². The molecule has 13 heteroatoms. The minimum atomic E-state index is -3.82. The Kier molecular flexibility index (Phi) is 7.07. The van der Waals surface area contributed by atoms with Crippen LogP contribution < -0.4 is 9.46 Å². The zero-order chi connectivity index (χ0) is 21.7. The molecule has 0 saturated carbocycles. The van der Waals surface area contributed by atoms with E-state index in [1.54, 1.807) is 0 Å². The van der Waals surface area contributed by atoms with Gasteiger partial charge in [0.05, 0.1) is 0 Å². The first-order chi connectivity index (χ1) is 14.3. The number of ether oxygens (including phenoxy) is 1. The van der Waals surface area contributed by atoms with Gasteiger partial charge in [0.2, 0.25) is 5.88 Å². The smallest absolute Gasteiger partial charge is 0.302 e. The Labute approximate surface area is 175 Å². The zero-order valence-electron chi connectivity index (χ0n) is 15.5. The third-order valence-electron chi connectivity index (χ3n) is 3.99. The molecule has 1 aromatic carbocycles. The van der Waals surface area contributed by atoms with Crippen molar-refractivity contribution < 1.29 is 32.1 Å². The SMILES string of the molecule is O=S(=O)(Nc1cc(O/C(=C/O)CO)nc(SCc2cccc(F)c2F)n1)N1CCC1.